The maximum Gasteiger partial charge on any atom is 4.00 e. The van der Waals surface area contributed by atoms with Crippen molar-refractivity contribution in [1.82, 2.24) is 0 Å². The molecule has 0 heterocycles. The molecule has 0 fully saturated rings. The van der Waals surface area contributed by atoms with Gasteiger partial charge < -0.3 is 33.7 Å². The summed E-state index contributed by atoms with van der Waals surface area (Å²) in [7, 11) is -3.30. The molecule has 0 radical (unpaired) electrons. The summed E-state index contributed by atoms with van der Waals surface area (Å²) in [6.07, 6.45) is 12.7. The van der Waals surface area contributed by atoms with Gasteiger partial charge in [0.05, 0.1) is 0 Å². The molecule has 176 valence electrons. The molecule has 0 aliphatic heterocycles. The van der Waals surface area contributed by atoms with Crippen molar-refractivity contribution in [3.63, 3.8) is 0 Å². The van der Waals surface area contributed by atoms with Crippen molar-refractivity contribution in [2.45, 2.75) is 104 Å². The predicted molar refractivity (Wildman–Crippen MR) is 127 cm³/mol. The number of allylic oxidation sites excluding steroid dienone is 6. The van der Waals surface area contributed by atoms with Crippen LogP contribution in [0.2, 0.25) is 36.3 Å². The van der Waals surface area contributed by atoms with E-state index in [2.05, 4.69) is 106 Å². The van der Waals surface area contributed by atoms with Gasteiger partial charge in [-0.05, 0) is 36.3 Å². The van der Waals surface area contributed by atoms with E-state index in [-0.39, 0.29) is 61.1 Å². The van der Waals surface area contributed by atoms with Crippen LogP contribution >= 0.6 is 0 Å². The fraction of sp³-hybridized carbons (Fsp3) is 0.667. The molecule has 0 atom stereocenters. The van der Waals surface area contributed by atoms with E-state index < -0.39 is 16.6 Å². The van der Waals surface area contributed by atoms with Crippen molar-refractivity contribution in [1.29, 1.82) is 0 Å². The Morgan fingerprint density at radius 2 is 0.935 bits per heavy atom. The van der Waals surface area contributed by atoms with E-state index in [9.17, 15) is 0 Å². The molecule has 0 aromatic carbocycles. The van der Waals surface area contributed by atoms with Gasteiger partial charge in [-0.2, -0.15) is 23.3 Å². The van der Waals surface area contributed by atoms with Crippen molar-refractivity contribution in [2.24, 2.45) is 0 Å². The van der Waals surface area contributed by atoms with Crippen LogP contribution < -0.4 is 24.8 Å². The van der Waals surface area contributed by atoms with E-state index in [1.807, 2.05) is 0 Å². The van der Waals surface area contributed by atoms with Gasteiger partial charge in [-0.15, -0.1) is 26.7 Å². The number of hydrogen-bond acceptors (Lipinski definition) is 2. The molecule has 0 saturated heterocycles. The molecule has 0 unspecified atom stereocenters. The third-order valence-electron chi connectivity index (χ3n) is 6.38. The molecule has 7 heteroatoms. The Labute approximate surface area is 226 Å². The van der Waals surface area contributed by atoms with Crippen molar-refractivity contribution < 1.29 is 59.9 Å². The third kappa shape index (κ3) is 10.5. The van der Waals surface area contributed by atoms with E-state index in [1.165, 1.54) is 11.1 Å². The van der Waals surface area contributed by atoms with Gasteiger partial charge in [-0.1, -0.05) is 53.1 Å². The maximum absolute atomic E-state index is 6.15. The van der Waals surface area contributed by atoms with Crippen LogP contribution in [0.5, 0.6) is 0 Å². The van der Waals surface area contributed by atoms with Crippen LogP contribution in [0.25, 0.3) is 0 Å². The predicted octanol–water partition coefficient (Wildman–Crippen LogP) is 2.10. The Morgan fingerprint density at radius 1 is 0.677 bits per heavy atom. The number of rotatable bonds is 4. The van der Waals surface area contributed by atoms with Crippen LogP contribution in [0.3, 0.4) is 0 Å². The molecule has 31 heavy (non-hydrogen) atoms. The zero-order valence-corrected chi connectivity index (χ0v) is 27.6. The SMILES string of the molecule is CC1=CC[C-]=C1O[Si](C)(C)C(C)(C)C.CC1=CC[C-]=C1O[Si](C)(C)C(C)(C)C.[Cl-].[Cl-].[Zr+4]. The van der Waals surface area contributed by atoms with Crippen LogP contribution in [-0.2, 0) is 35.1 Å². The Bertz CT molecular complexity index is 635. The minimum atomic E-state index is -1.65. The zero-order chi connectivity index (χ0) is 22.0. The topological polar surface area (TPSA) is 18.5 Å². The maximum atomic E-state index is 6.15. The minimum Gasteiger partial charge on any atom is -1.00 e. The average molecular weight is 581 g/mol. The van der Waals surface area contributed by atoms with E-state index >= 15 is 0 Å². The first-order chi connectivity index (χ1) is 12.5. The minimum absolute atomic E-state index is 0. The standard InChI is InChI=1S/2C12H21OSi.2ClH.Zr/c2*1-10-8-7-9-11(10)13-14(5,6)12(2,3)4;;;/h2*8H,7H2,1-6H3;2*1H;/q2*-1;;;+4/p-2. The Hall–Kier alpha value is 0.457. The van der Waals surface area contributed by atoms with Gasteiger partial charge in [0.1, 0.15) is 0 Å². The summed E-state index contributed by atoms with van der Waals surface area (Å²) >= 11 is 0. The summed E-state index contributed by atoms with van der Waals surface area (Å²) in [6.45, 7) is 26.8. The summed E-state index contributed by atoms with van der Waals surface area (Å²) in [5.74, 6) is 1.99. The Balaban J connectivity index is -0.000000461. The first-order valence-electron chi connectivity index (χ1n) is 10.4. The molecule has 2 rings (SSSR count). The van der Waals surface area contributed by atoms with Crippen LogP contribution in [-0.4, -0.2) is 16.6 Å². The van der Waals surface area contributed by atoms with Gasteiger partial charge >= 0.3 is 26.2 Å². The number of hydrogen-bond donors (Lipinski definition) is 0. The molecule has 0 spiro atoms. The second-order valence-corrected chi connectivity index (χ2v) is 20.4. The monoisotopic (exact) mass is 578 g/mol. The zero-order valence-electron chi connectivity index (χ0n) is 21.6. The van der Waals surface area contributed by atoms with Crippen molar-refractivity contribution in [3.8, 4) is 0 Å². The fourth-order valence-corrected chi connectivity index (χ4v) is 4.21. The van der Waals surface area contributed by atoms with Gasteiger partial charge in [0, 0.05) is 0 Å². The molecular weight excluding hydrogens is 539 g/mol. The Morgan fingerprint density at radius 3 is 1.10 bits per heavy atom. The third-order valence-corrected chi connectivity index (χ3v) is 15.0. The molecule has 0 N–H and O–H groups in total. The molecular formula is C24H42Cl2O2Si2Zr. The summed E-state index contributed by atoms with van der Waals surface area (Å²) in [5, 5.41) is 0.537. The van der Waals surface area contributed by atoms with Gasteiger partial charge in [-0.3, -0.25) is 0 Å². The van der Waals surface area contributed by atoms with E-state index in [0.29, 0.717) is 0 Å². The van der Waals surface area contributed by atoms with E-state index in [0.717, 1.165) is 24.4 Å². The largest absolute Gasteiger partial charge is 4.00 e. The van der Waals surface area contributed by atoms with Crippen molar-refractivity contribution >= 4 is 16.6 Å². The fourth-order valence-electron chi connectivity index (χ4n) is 2.11. The summed E-state index contributed by atoms with van der Waals surface area (Å²) < 4.78 is 12.3. The molecule has 2 aliphatic rings. The number of halogens is 2. The van der Waals surface area contributed by atoms with Gasteiger partial charge in [0.2, 0.25) is 16.6 Å². The summed E-state index contributed by atoms with van der Waals surface area (Å²) in [5.41, 5.74) is 2.49. The van der Waals surface area contributed by atoms with Crippen molar-refractivity contribution in [3.05, 3.63) is 47.0 Å². The normalized spacial score (nSPS) is 16.1. The van der Waals surface area contributed by atoms with Gasteiger partial charge in [0.25, 0.3) is 0 Å². The van der Waals surface area contributed by atoms with Gasteiger partial charge in [0.15, 0.2) is 0 Å². The van der Waals surface area contributed by atoms with Crippen LogP contribution in [0.15, 0.2) is 34.8 Å². The van der Waals surface area contributed by atoms with E-state index in [1.54, 1.807) is 0 Å². The molecule has 0 bridgehead atoms. The van der Waals surface area contributed by atoms with Crippen LogP contribution in [0, 0.1) is 12.2 Å². The average Bonchev–Trinajstić information content (AvgIpc) is 3.06. The first-order valence-corrected chi connectivity index (χ1v) is 16.2. The smallest absolute Gasteiger partial charge is 1.00 e. The van der Waals surface area contributed by atoms with E-state index in [4.69, 9.17) is 8.85 Å². The molecule has 0 amide bonds. The summed E-state index contributed by atoms with van der Waals surface area (Å²) in [4.78, 5) is 0. The molecule has 0 saturated carbocycles. The van der Waals surface area contributed by atoms with Crippen LogP contribution in [0.4, 0.5) is 0 Å². The second kappa shape index (κ2) is 13.4. The molecule has 0 aromatic rings. The first kappa shape index (κ1) is 36.0. The molecule has 2 aliphatic carbocycles. The molecule has 0 aromatic heterocycles. The van der Waals surface area contributed by atoms with Crippen LogP contribution in [0.1, 0.15) is 68.2 Å². The van der Waals surface area contributed by atoms with Crippen molar-refractivity contribution in [2.75, 3.05) is 0 Å². The molecule has 2 nitrogen and oxygen atoms in total. The second-order valence-electron chi connectivity index (χ2n) is 10.9. The quantitative estimate of drug-likeness (QED) is 0.375. The Kier molecular flexibility index (Phi) is 15.5. The summed E-state index contributed by atoms with van der Waals surface area (Å²) in [6, 6.07) is 0. The van der Waals surface area contributed by atoms with Gasteiger partial charge in [-0.25, -0.2) is 12.2 Å².